The summed E-state index contributed by atoms with van der Waals surface area (Å²) in [4.78, 5) is 39.7. The number of nitrogens with two attached hydrogens (primary N) is 1. The zero-order chi connectivity index (χ0) is 32.9. The average Bonchev–Trinajstić information content (AvgIpc) is 3.02. The number of hydrogen-bond acceptors (Lipinski definition) is 7. The summed E-state index contributed by atoms with van der Waals surface area (Å²) < 4.78 is 16.1. The summed E-state index contributed by atoms with van der Waals surface area (Å²) in [5, 5.41) is 9.90. The molecule has 234 valence electrons. The van der Waals surface area contributed by atoms with Gasteiger partial charge in [0.25, 0.3) is 5.56 Å². The predicted molar refractivity (Wildman–Crippen MR) is 179 cm³/mol. The number of aliphatic imine (C=N–C) groups is 1. The normalized spacial score (nSPS) is 18.4. The first-order valence-electron chi connectivity index (χ1n) is 14.0. The molecule has 4 heterocycles. The Balaban J connectivity index is 1.88. The van der Waals surface area contributed by atoms with Crippen molar-refractivity contribution in [2.45, 2.75) is 26.8 Å². The number of anilines is 2. The van der Waals surface area contributed by atoms with Gasteiger partial charge in [-0.1, -0.05) is 79.8 Å². The minimum atomic E-state index is -0.986. The number of amides is 1. The summed E-state index contributed by atoms with van der Waals surface area (Å²) in [6.07, 6.45) is 4.82. The van der Waals surface area contributed by atoms with Gasteiger partial charge < -0.3 is 15.5 Å². The molecule has 0 saturated carbocycles. The first kappa shape index (κ1) is 32.8. The summed E-state index contributed by atoms with van der Waals surface area (Å²) in [7, 11) is 0. The summed E-state index contributed by atoms with van der Waals surface area (Å²) in [5.74, 6) is -1.47. The molecule has 0 aliphatic carbocycles. The molecule has 14 heteroatoms. The Hall–Kier alpha value is -3.62. The van der Waals surface area contributed by atoms with Gasteiger partial charge in [0, 0.05) is 55.0 Å². The number of carbonyl (C=O) groups excluding carboxylic acids is 1. The van der Waals surface area contributed by atoms with Crippen LogP contribution in [-0.4, -0.2) is 52.2 Å². The zero-order valence-electron chi connectivity index (χ0n) is 24.5. The Bertz CT molecular complexity index is 1900. The van der Waals surface area contributed by atoms with Crippen molar-refractivity contribution >= 4 is 80.4 Å². The molecule has 2 N–H and O–H groups in total. The number of aromatic nitrogens is 2. The van der Waals surface area contributed by atoms with Gasteiger partial charge in [-0.25, -0.2) is 9.37 Å². The van der Waals surface area contributed by atoms with Crippen LogP contribution in [0.2, 0.25) is 20.1 Å². The number of hydrogen-bond donors (Lipinski definition) is 1. The van der Waals surface area contributed by atoms with Crippen LogP contribution in [0.4, 0.5) is 15.8 Å². The fraction of sp³-hybridized carbons (Fsp3) is 0.323. The summed E-state index contributed by atoms with van der Waals surface area (Å²) in [6.45, 7) is 10.8. The number of pyridine rings is 2. The molecule has 9 nitrogen and oxygen atoms in total. The molecule has 1 unspecified atom stereocenters. The molecule has 45 heavy (non-hydrogen) atoms. The molecule has 2 atom stereocenters. The van der Waals surface area contributed by atoms with E-state index in [9.17, 15) is 19.2 Å². The molecular formula is C31H28Cl4FN7O2. The summed E-state index contributed by atoms with van der Waals surface area (Å²) in [6, 6.07) is 3.09. The molecule has 2 aromatic heterocycles. The first-order chi connectivity index (χ1) is 21.3. The average molecular weight is 691 g/mol. The van der Waals surface area contributed by atoms with Gasteiger partial charge in [-0.15, -0.1) is 0 Å². The monoisotopic (exact) mass is 689 g/mol. The van der Waals surface area contributed by atoms with Crippen LogP contribution in [0.3, 0.4) is 0 Å². The third-order valence-corrected chi connectivity index (χ3v) is 9.63. The Kier molecular flexibility index (Phi) is 9.20. The summed E-state index contributed by atoms with van der Waals surface area (Å²) in [5.41, 5.74) is 6.01. The number of benzene rings is 1. The number of allylic oxidation sites excluding steroid dienone is 1. The second-order valence-electron chi connectivity index (χ2n) is 11.1. The largest absolute Gasteiger partial charge is 0.395 e. The molecule has 1 amide bonds. The SMILES string of the molecule is C=CC(=O)N1CCN(c2c(C#N)c(=O)n(C3C(C(C)C)=NC=C[C@H]3C)c3nc(-c4c(Cl)c(N)c(F)c(Cl)c4Cl)c(Cl)cc23)CC1. The molecule has 1 fully saturated rings. The Morgan fingerprint density at radius 2 is 1.84 bits per heavy atom. The van der Waals surface area contributed by atoms with Crippen molar-refractivity contribution in [3.05, 3.63) is 72.8 Å². The number of nitrogen functional groups attached to an aromatic ring is 1. The van der Waals surface area contributed by atoms with Crippen LogP contribution in [0.5, 0.6) is 0 Å². The number of rotatable bonds is 5. The van der Waals surface area contributed by atoms with E-state index in [1.165, 1.54) is 10.6 Å². The van der Waals surface area contributed by atoms with E-state index >= 15 is 0 Å². The fourth-order valence-electron chi connectivity index (χ4n) is 5.87. The number of fused-ring (bicyclic) bond motifs is 1. The molecule has 5 rings (SSSR count). The van der Waals surface area contributed by atoms with E-state index in [0.717, 1.165) is 0 Å². The predicted octanol–water partition coefficient (Wildman–Crippen LogP) is 6.91. The molecule has 1 aromatic carbocycles. The molecular weight excluding hydrogens is 663 g/mol. The van der Waals surface area contributed by atoms with Gasteiger partial charge in [0.1, 0.15) is 17.3 Å². The summed E-state index contributed by atoms with van der Waals surface area (Å²) >= 11 is 26.0. The van der Waals surface area contributed by atoms with Crippen LogP contribution in [0.15, 0.2) is 40.8 Å². The lowest BCUT2D eigenvalue weighted by molar-refractivity contribution is -0.126. The lowest BCUT2D eigenvalue weighted by Gasteiger charge is -2.37. The maximum atomic E-state index is 14.7. The highest BCUT2D eigenvalue weighted by atomic mass is 35.5. The number of nitriles is 1. The van der Waals surface area contributed by atoms with E-state index in [2.05, 4.69) is 17.6 Å². The van der Waals surface area contributed by atoms with Gasteiger partial charge in [-0.2, -0.15) is 5.26 Å². The number of piperazine rings is 1. The van der Waals surface area contributed by atoms with Crippen LogP contribution in [0.25, 0.3) is 22.3 Å². The van der Waals surface area contributed by atoms with Gasteiger partial charge in [0.2, 0.25) is 5.91 Å². The van der Waals surface area contributed by atoms with Crippen molar-refractivity contribution in [1.29, 1.82) is 5.26 Å². The van der Waals surface area contributed by atoms with E-state index in [1.54, 1.807) is 17.2 Å². The van der Waals surface area contributed by atoms with Crippen LogP contribution in [-0.2, 0) is 4.79 Å². The number of nitrogens with zero attached hydrogens (tertiary/aromatic N) is 6. The quantitative estimate of drug-likeness (QED) is 0.135. The van der Waals surface area contributed by atoms with E-state index in [4.69, 9.17) is 57.1 Å². The number of halogens is 5. The highest BCUT2D eigenvalue weighted by molar-refractivity contribution is 6.48. The van der Waals surface area contributed by atoms with Crippen LogP contribution in [0.1, 0.15) is 32.4 Å². The second kappa shape index (κ2) is 12.6. The Morgan fingerprint density at radius 1 is 1.18 bits per heavy atom. The lowest BCUT2D eigenvalue weighted by Crippen LogP contribution is -2.49. The molecule has 2 aliphatic rings. The third kappa shape index (κ3) is 5.46. The maximum absolute atomic E-state index is 14.7. The number of carbonyl (C=O) groups is 1. The van der Waals surface area contributed by atoms with Crippen molar-refractivity contribution in [3.63, 3.8) is 0 Å². The smallest absolute Gasteiger partial charge is 0.272 e. The van der Waals surface area contributed by atoms with Gasteiger partial charge >= 0.3 is 0 Å². The van der Waals surface area contributed by atoms with Crippen molar-refractivity contribution in [2.75, 3.05) is 36.8 Å². The van der Waals surface area contributed by atoms with Crippen molar-refractivity contribution < 1.29 is 9.18 Å². The zero-order valence-corrected chi connectivity index (χ0v) is 27.6. The second-order valence-corrected chi connectivity index (χ2v) is 12.7. The maximum Gasteiger partial charge on any atom is 0.272 e. The van der Waals surface area contributed by atoms with Crippen molar-refractivity contribution in [1.82, 2.24) is 14.5 Å². The molecule has 0 radical (unpaired) electrons. The topological polar surface area (TPSA) is 121 Å². The van der Waals surface area contributed by atoms with Crippen molar-refractivity contribution in [3.8, 4) is 17.3 Å². The van der Waals surface area contributed by atoms with Gasteiger partial charge in [-0.3, -0.25) is 19.1 Å². The third-order valence-electron chi connectivity index (χ3n) is 8.12. The first-order valence-corrected chi connectivity index (χ1v) is 15.6. The standard InChI is InChI=1S/C31H28Cl4FN7O2/c1-5-19(44)41-8-10-42(11-9-41)29-16-12-18(32)27(20-21(33)23(35)24(36)25(38)22(20)34)40-30(16)43(31(45)17(29)13-37)28-15(4)6-7-39-26(28)14(2)3/h5-7,12,14-15,28H,1,8-11,38H2,2-4H3/t15-,28?/m1/s1. The van der Waals surface area contributed by atoms with E-state index in [0.29, 0.717) is 43.0 Å². The van der Waals surface area contributed by atoms with Crippen molar-refractivity contribution in [2.24, 2.45) is 16.8 Å². The van der Waals surface area contributed by atoms with Gasteiger partial charge in [0.05, 0.1) is 43.2 Å². The van der Waals surface area contributed by atoms with Crippen LogP contribution < -0.4 is 16.2 Å². The minimum absolute atomic E-state index is 0.00932. The molecule has 1 saturated heterocycles. The van der Waals surface area contributed by atoms with E-state index < -0.39 is 28.1 Å². The Labute approximate surface area is 278 Å². The molecule has 2 aliphatic heterocycles. The van der Waals surface area contributed by atoms with E-state index in [-0.39, 0.29) is 55.3 Å². The van der Waals surface area contributed by atoms with Crippen LogP contribution >= 0.6 is 46.4 Å². The minimum Gasteiger partial charge on any atom is -0.395 e. The van der Waals surface area contributed by atoms with Crippen LogP contribution in [0, 0.1) is 29.0 Å². The molecule has 3 aromatic rings. The Morgan fingerprint density at radius 3 is 2.44 bits per heavy atom. The molecule has 0 bridgehead atoms. The van der Waals surface area contributed by atoms with Gasteiger partial charge in [0.15, 0.2) is 5.82 Å². The molecule has 0 spiro atoms. The van der Waals surface area contributed by atoms with E-state index in [1.807, 2.05) is 31.7 Å². The highest BCUT2D eigenvalue weighted by Gasteiger charge is 2.35. The highest BCUT2D eigenvalue weighted by Crippen LogP contribution is 2.47. The lowest BCUT2D eigenvalue weighted by atomic mass is 9.88. The van der Waals surface area contributed by atoms with Gasteiger partial charge in [-0.05, 0) is 18.1 Å². The fourth-order valence-corrected chi connectivity index (χ4v) is 6.89.